The average molecular weight is 353 g/mol. The van der Waals surface area contributed by atoms with Crippen molar-refractivity contribution in [2.75, 3.05) is 19.7 Å². The lowest BCUT2D eigenvalue weighted by Gasteiger charge is -2.32. The number of nitriles is 1. The number of hydrogen-bond donors (Lipinski definition) is 0. The molecule has 134 valence electrons. The molecule has 1 amide bonds. The minimum Gasteiger partial charge on any atom is -0.477 e. The molecule has 3 rings (SSSR count). The molecule has 2 heterocycles. The number of piperidine rings is 1. The third kappa shape index (κ3) is 4.79. The number of rotatable bonds is 5. The summed E-state index contributed by atoms with van der Waals surface area (Å²) >= 11 is 0. The van der Waals surface area contributed by atoms with Crippen molar-refractivity contribution in [3.8, 4) is 11.9 Å². The van der Waals surface area contributed by atoms with Crippen molar-refractivity contribution in [1.29, 1.82) is 5.26 Å². The van der Waals surface area contributed by atoms with E-state index in [1.54, 1.807) is 30.5 Å². The van der Waals surface area contributed by atoms with E-state index in [-0.39, 0.29) is 11.7 Å². The Morgan fingerprint density at radius 2 is 2.00 bits per heavy atom. The van der Waals surface area contributed by atoms with Gasteiger partial charge in [0.2, 0.25) is 11.8 Å². The van der Waals surface area contributed by atoms with Crippen LogP contribution in [0.2, 0.25) is 0 Å². The van der Waals surface area contributed by atoms with Crippen LogP contribution >= 0.6 is 0 Å². The monoisotopic (exact) mass is 353 g/mol. The summed E-state index contributed by atoms with van der Waals surface area (Å²) in [7, 11) is 0. The first-order valence-electron chi connectivity index (χ1n) is 8.65. The van der Waals surface area contributed by atoms with Crippen LogP contribution in [0.5, 0.6) is 5.88 Å². The molecule has 1 fully saturated rings. The molecule has 0 atom stereocenters. The van der Waals surface area contributed by atoms with Crippen LogP contribution in [0.3, 0.4) is 0 Å². The quantitative estimate of drug-likeness (QED) is 0.829. The normalized spacial score (nSPS) is 14.7. The number of amides is 1. The largest absolute Gasteiger partial charge is 0.477 e. The standard InChI is InChI=1S/C20H20FN3O2/c21-18-3-1-15(2-4-18)12-20(25)24-9-6-16(7-10-24)14-26-19-11-17(13-22)5-8-23-19/h1-5,8,11,16H,6-7,9-10,12,14H2. The van der Waals surface area contributed by atoms with E-state index in [2.05, 4.69) is 11.1 Å². The molecule has 1 aromatic heterocycles. The molecule has 0 bridgehead atoms. The molecule has 1 aliphatic rings. The van der Waals surface area contributed by atoms with Gasteiger partial charge in [-0.3, -0.25) is 4.79 Å². The number of halogens is 1. The number of carbonyl (C=O) groups excluding carboxylic acids is 1. The number of benzene rings is 1. The fourth-order valence-corrected chi connectivity index (χ4v) is 3.00. The summed E-state index contributed by atoms with van der Waals surface area (Å²) in [5.41, 5.74) is 1.35. The molecule has 2 aromatic rings. The SMILES string of the molecule is N#Cc1ccnc(OCC2CCN(C(=O)Cc3ccc(F)cc3)CC2)c1. The second kappa shape index (κ2) is 8.43. The topological polar surface area (TPSA) is 66.2 Å². The zero-order chi connectivity index (χ0) is 18.4. The Morgan fingerprint density at radius 1 is 1.27 bits per heavy atom. The van der Waals surface area contributed by atoms with Crippen LogP contribution in [0.1, 0.15) is 24.0 Å². The van der Waals surface area contributed by atoms with E-state index in [1.807, 2.05) is 4.90 Å². The first-order chi connectivity index (χ1) is 12.6. The van der Waals surface area contributed by atoms with E-state index in [1.165, 1.54) is 12.1 Å². The van der Waals surface area contributed by atoms with Crippen LogP contribution in [-0.2, 0) is 11.2 Å². The second-order valence-corrected chi connectivity index (χ2v) is 6.43. The van der Waals surface area contributed by atoms with Crippen molar-refractivity contribution in [2.45, 2.75) is 19.3 Å². The van der Waals surface area contributed by atoms with Crippen LogP contribution in [0.15, 0.2) is 42.6 Å². The molecular weight excluding hydrogens is 333 g/mol. The Morgan fingerprint density at radius 3 is 2.69 bits per heavy atom. The van der Waals surface area contributed by atoms with Gasteiger partial charge in [0.15, 0.2) is 0 Å². The van der Waals surface area contributed by atoms with Gasteiger partial charge in [-0.15, -0.1) is 0 Å². The van der Waals surface area contributed by atoms with Crippen molar-refractivity contribution >= 4 is 5.91 Å². The minimum absolute atomic E-state index is 0.0689. The molecule has 0 spiro atoms. The fraction of sp³-hybridized carbons (Fsp3) is 0.350. The van der Waals surface area contributed by atoms with Crippen LogP contribution in [0.25, 0.3) is 0 Å². The number of carbonyl (C=O) groups is 1. The number of nitrogens with zero attached hydrogens (tertiary/aromatic N) is 3. The third-order valence-corrected chi connectivity index (χ3v) is 4.57. The molecule has 0 radical (unpaired) electrons. The van der Waals surface area contributed by atoms with Crippen molar-refractivity contribution in [2.24, 2.45) is 5.92 Å². The Hall–Kier alpha value is -2.94. The maximum Gasteiger partial charge on any atom is 0.226 e. The number of aromatic nitrogens is 1. The summed E-state index contributed by atoms with van der Waals surface area (Å²) in [4.78, 5) is 18.3. The summed E-state index contributed by atoms with van der Waals surface area (Å²) in [6.45, 7) is 1.92. The van der Waals surface area contributed by atoms with Crippen molar-refractivity contribution in [3.05, 3.63) is 59.5 Å². The highest BCUT2D eigenvalue weighted by molar-refractivity contribution is 5.78. The Kier molecular flexibility index (Phi) is 5.80. The zero-order valence-corrected chi connectivity index (χ0v) is 14.4. The molecule has 1 aliphatic heterocycles. The summed E-state index contributed by atoms with van der Waals surface area (Å²) in [5.74, 6) is 0.590. The molecule has 0 N–H and O–H groups in total. The Balaban J connectivity index is 1.44. The molecule has 1 saturated heterocycles. The van der Waals surface area contributed by atoms with Gasteiger partial charge < -0.3 is 9.64 Å². The van der Waals surface area contributed by atoms with Gasteiger partial charge in [-0.2, -0.15) is 5.26 Å². The van der Waals surface area contributed by atoms with Crippen LogP contribution in [-0.4, -0.2) is 35.5 Å². The Labute approximate surface area is 152 Å². The van der Waals surface area contributed by atoms with Crippen LogP contribution < -0.4 is 4.74 Å². The molecule has 0 aliphatic carbocycles. The highest BCUT2D eigenvalue weighted by Crippen LogP contribution is 2.20. The number of likely N-dealkylation sites (tertiary alicyclic amines) is 1. The zero-order valence-electron chi connectivity index (χ0n) is 14.4. The number of hydrogen-bond acceptors (Lipinski definition) is 4. The fourth-order valence-electron chi connectivity index (χ4n) is 3.00. The highest BCUT2D eigenvalue weighted by Gasteiger charge is 2.23. The highest BCUT2D eigenvalue weighted by atomic mass is 19.1. The van der Waals surface area contributed by atoms with Gasteiger partial charge in [-0.25, -0.2) is 9.37 Å². The van der Waals surface area contributed by atoms with Gasteiger partial charge in [-0.05, 0) is 42.5 Å². The van der Waals surface area contributed by atoms with Gasteiger partial charge in [0, 0.05) is 25.4 Å². The minimum atomic E-state index is -0.295. The van der Waals surface area contributed by atoms with E-state index >= 15 is 0 Å². The summed E-state index contributed by atoms with van der Waals surface area (Å²) in [6.07, 6.45) is 3.59. The maximum atomic E-state index is 12.9. The average Bonchev–Trinajstić information content (AvgIpc) is 2.68. The van der Waals surface area contributed by atoms with E-state index < -0.39 is 0 Å². The first-order valence-corrected chi connectivity index (χ1v) is 8.65. The van der Waals surface area contributed by atoms with E-state index in [4.69, 9.17) is 10.00 Å². The van der Waals surface area contributed by atoms with Crippen molar-refractivity contribution in [3.63, 3.8) is 0 Å². The maximum absolute atomic E-state index is 12.9. The van der Waals surface area contributed by atoms with Crippen molar-refractivity contribution < 1.29 is 13.9 Å². The Bertz CT molecular complexity index is 793. The molecule has 0 unspecified atom stereocenters. The van der Waals surface area contributed by atoms with Gasteiger partial charge >= 0.3 is 0 Å². The summed E-state index contributed by atoms with van der Waals surface area (Å²) in [5, 5.41) is 8.89. The lowest BCUT2D eigenvalue weighted by molar-refractivity contribution is -0.132. The predicted octanol–water partition coefficient (Wildman–Crippen LogP) is 2.95. The van der Waals surface area contributed by atoms with Crippen LogP contribution in [0.4, 0.5) is 4.39 Å². The van der Waals surface area contributed by atoms with Crippen molar-refractivity contribution in [1.82, 2.24) is 9.88 Å². The lowest BCUT2D eigenvalue weighted by atomic mass is 9.97. The molecular formula is C20H20FN3O2. The van der Waals surface area contributed by atoms with E-state index in [0.29, 0.717) is 43.5 Å². The van der Waals surface area contributed by atoms with Crippen LogP contribution in [0, 0.1) is 23.1 Å². The number of pyridine rings is 1. The molecule has 26 heavy (non-hydrogen) atoms. The van der Waals surface area contributed by atoms with E-state index in [0.717, 1.165) is 18.4 Å². The summed E-state index contributed by atoms with van der Waals surface area (Å²) in [6, 6.07) is 11.4. The third-order valence-electron chi connectivity index (χ3n) is 4.57. The number of ether oxygens (including phenoxy) is 1. The van der Waals surface area contributed by atoms with Gasteiger partial charge in [-0.1, -0.05) is 12.1 Å². The molecule has 5 nitrogen and oxygen atoms in total. The smallest absolute Gasteiger partial charge is 0.226 e. The van der Waals surface area contributed by atoms with Gasteiger partial charge in [0.1, 0.15) is 5.82 Å². The van der Waals surface area contributed by atoms with Gasteiger partial charge in [0.25, 0.3) is 0 Å². The second-order valence-electron chi connectivity index (χ2n) is 6.43. The first kappa shape index (κ1) is 17.9. The lowest BCUT2D eigenvalue weighted by Crippen LogP contribution is -2.40. The van der Waals surface area contributed by atoms with Gasteiger partial charge in [0.05, 0.1) is 24.7 Å². The molecule has 0 saturated carbocycles. The molecule has 1 aromatic carbocycles. The predicted molar refractivity (Wildman–Crippen MR) is 93.9 cm³/mol. The molecule has 6 heteroatoms. The summed E-state index contributed by atoms with van der Waals surface area (Å²) < 4.78 is 18.6. The van der Waals surface area contributed by atoms with E-state index in [9.17, 15) is 9.18 Å².